The van der Waals surface area contributed by atoms with E-state index in [0.717, 1.165) is 30.9 Å². The zero-order chi connectivity index (χ0) is 16.9. The Morgan fingerprint density at radius 2 is 2.17 bits per heavy atom. The molecule has 2 heterocycles. The van der Waals surface area contributed by atoms with Crippen LogP contribution in [-0.4, -0.2) is 41.2 Å². The first-order valence-corrected chi connectivity index (χ1v) is 8.20. The van der Waals surface area contributed by atoms with Gasteiger partial charge in [0.05, 0.1) is 7.11 Å². The fourth-order valence-corrected chi connectivity index (χ4v) is 2.90. The maximum atomic E-state index is 12.5. The number of nitrogens with one attached hydrogen (secondary N) is 1. The lowest BCUT2D eigenvalue weighted by Gasteiger charge is -2.30. The van der Waals surface area contributed by atoms with Gasteiger partial charge in [-0.15, -0.1) is 10.2 Å². The van der Waals surface area contributed by atoms with Crippen LogP contribution in [0.15, 0.2) is 36.4 Å². The summed E-state index contributed by atoms with van der Waals surface area (Å²) in [6.07, 6.45) is 2.23. The predicted molar refractivity (Wildman–Crippen MR) is 92.6 cm³/mol. The van der Waals surface area contributed by atoms with Gasteiger partial charge in [-0.25, -0.2) is 0 Å². The Labute approximate surface area is 141 Å². The summed E-state index contributed by atoms with van der Waals surface area (Å²) in [5, 5.41) is 11.4. The van der Waals surface area contributed by atoms with E-state index in [2.05, 4.69) is 22.4 Å². The van der Waals surface area contributed by atoms with Crippen molar-refractivity contribution in [3.8, 4) is 5.75 Å². The van der Waals surface area contributed by atoms with Crippen LogP contribution in [0.3, 0.4) is 0 Å². The first-order chi connectivity index (χ1) is 11.7. The van der Waals surface area contributed by atoms with Crippen LogP contribution in [-0.2, 0) is 0 Å². The summed E-state index contributed by atoms with van der Waals surface area (Å²) in [5.41, 5.74) is 1.24. The molecule has 24 heavy (non-hydrogen) atoms. The lowest BCUT2D eigenvalue weighted by atomic mass is 10.00. The van der Waals surface area contributed by atoms with E-state index in [-0.39, 0.29) is 5.91 Å². The van der Waals surface area contributed by atoms with Crippen LogP contribution in [0.25, 0.3) is 0 Å². The number of piperidine rings is 1. The summed E-state index contributed by atoms with van der Waals surface area (Å²) in [5.74, 6) is 1.86. The number of carbonyl (C=O) groups excluding carboxylic acids is 1. The van der Waals surface area contributed by atoms with Crippen molar-refractivity contribution in [1.82, 2.24) is 15.1 Å². The molecule has 3 rings (SSSR count). The number of hydrogen-bond acceptors (Lipinski definition) is 5. The Morgan fingerprint density at radius 1 is 1.29 bits per heavy atom. The monoisotopic (exact) mass is 326 g/mol. The Bertz CT molecular complexity index is 702. The summed E-state index contributed by atoms with van der Waals surface area (Å²) in [6, 6.07) is 11.0. The van der Waals surface area contributed by atoms with Crippen LogP contribution in [0.2, 0.25) is 0 Å². The molecular formula is C18H22N4O2. The summed E-state index contributed by atoms with van der Waals surface area (Å²) in [6.45, 7) is 3.77. The van der Waals surface area contributed by atoms with Crippen LogP contribution in [0, 0.1) is 5.92 Å². The number of carbonyl (C=O) groups is 1. The number of likely N-dealkylation sites (tertiary alicyclic amines) is 1. The van der Waals surface area contributed by atoms with Gasteiger partial charge in [0, 0.05) is 24.8 Å². The molecule has 6 nitrogen and oxygen atoms in total. The minimum absolute atomic E-state index is 0.0398. The van der Waals surface area contributed by atoms with Gasteiger partial charge in [-0.05, 0) is 43.0 Å². The van der Waals surface area contributed by atoms with Crippen molar-refractivity contribution in [3.05, 3.63) is 42.1 Å². The lowest BCUT2D eigenvalue weighted by Crippen LogP contribution is -2.39. The predicted octanol–water partition coefficient (Wildman–Crippen LogP) is 3.10. The molecule has 1 N–H and O–H groups in total. The highest BCUT2D eigenvalue weighted by Crippen LogP contribution is 2.21. The third-order valence-corrected chi connectivity index (χ3v) is 4.17. The normalized spacial score (nSPS) is 17.4. The van der Waals surface area contributed by atoms with Gasteiger partial charge in [-0.2, -0.15) is 0 Å². The number of anilines is 2. The zero-order valence-electron chi connectivity index (χ0n) is 14.0. The van der Waals surface area contributed by atoms with Gasteiger partial charge in [-0.3, -0.25) is 4.79 Å². The average molecular weight is 326 g/mol. The summed E-state index contributed by atoms with van der Waals surface area (Å²) < 4.78 is 5.19. The number of benzene rings is 1. The van der Waals surface area contributed by atoms with Crippen molar-refractivity contribution < 1.29 is 9.53 Å². The van der Waals surface area contributed by atoms with Gasteiger partial charge in [-0.1, -0.05) is 13.0 Å². The van der Waals surface area contributed by atoms with Crippen molar-refractivity contribution in [1.29, 1.82) is 0 Å². The molecule has 0 radical (unpaired) electrons. The van der Waals surface area contributed by atoms with Crippen LogP contribution < -0.4 is 10.1 Å². The molecule has 1 aliphatic rings. The highest BCUT2D eigenvalue weighted by Gasteiger charge is 2.23. The molecule has 0 aliphatic carbocycles. The molecule has 1 unspecified atom stereocenters. The molecule has 1 fully saturated rings. The van der Waals surface area contributed by atoms with Gasteiger partial charge >= 0.3 is 0 Å². The van der Waals surface area contributed by atoms with Crippen molar-refractivity contribution in [2.75, 3.05) is 25.5 Å². The molecule has 0 spiro atoms. The number of methoxy groups -OCH3 is 1. The number of aromatic nitrogens is 2. The van der Waals surface area contributed by atoms with E-state index in [9.17, 15) is 4.79 Å². The lowest BCUT2D eigenvalue weighted by molar-refractivity contribution is 0.0676. The molecule has 1 aromatic carbocycles. The fraction of sp³-hybridized carbons (Fsp3) is 0.389. The highest BCUT2D eigenvalue weighted by molar-refractivity contribution is 5.92. The molecule has 0 saturated carbocycles. The molecule has 2 aromatic rings. The second kappa shape index (κ2) is 7.29. The van der Waals surface area contributed by atoms with E-state index in [4.69, 9.17) is 4.74 Å². The summed E-state index contributed by atoms with van der Waals surface area (Å²) >= 11 is 0. The fourth-order valence-electron chi connectivity index (χ4n) is 2.90. The van der Waals surface area contributed by atoms with Crippen molar-refractivity contribution in [3.63, 3.8) is 0 Å². The standard InChI is InChI=1S/C18H22N4O2/c1-13-5-4-10-22(12-13)18(23)16-8-9-17(21-20-16)19-14-6-3-7-15(11-14)24-2/h3,6-9,11,13H,4-5,10,12H2,1-2H3,(H,19,21). The van der Waals surface area contributed by atoms with E-state index in [0.29, 0.717) is 17.4 Å². The maximum Gasteiger partial charge on any atom is 0.274 e. The van der Waals surface area contributed by atoms with Crippen LogP contribution >= 0.6 is 0 Å². The molecular weight excluding hydrogens is 304 g/mol. The van der Waals surface area contributed by atoms with E-state index in [1.807, 2.05) is 29.2 Å². The molecule has 0 bridgehead atoms. The van der Waals surface area contributed by atoms with E-state index >= 15 is 0 Å². The largest absolute Gasteiger partial charge is 0.497 e. The second-order valence-electron chi connectivity index (χ2n) is 6.16. The van der Waals surface area contributed by atoms with Gasteiger partial charge in [0.25, 0.3) is 5.91 Å². The smallest absolute Gasteiger partial charge is 0.274 e. The van der Waals surface area contributed by atoms with Gasteiger partial charge < -0.3 is 15.0 Å². The topological polar surface area (TPSA) is 67.3 Å². The number of ether oxygens (including phenoxy) is 1. The number of hydrogen-bond donors (Lipinski definition) is 1. The second-order valence-corrected chi connectivity index (χ2v) is 6.16. The van der Waals surface area contributed by atoms with Crippen molar-refractivity contribution in [2.24, 2.45) is 5.92 Å². The van der Waals surface area contributed by atoms with Gasteiger partial charge in [0.2, 0.25) is 0 Å². The van der Waals surface area contributed by atoms with Crippen molar-refractivity contribution in [2.45, 2.75) is 19.8 Å². The Morgan fingerprint density at radius 3 is 2.88 bits per heavy atom. The average Bonchev–Trinajstić information content (AvgIpc) is 2.62. The van der Waals surface area contributed by atoms with Crippen LogP contribution in [0.1, 0.15) is 30.3 Å². The number of rotatable bonds is 4. The van der Waals surface area contributed by atoms with Gasteiger partial charge in [0.15, 0.2) is 11.5 Å². The molecule has 6 heteroatoms. The quantitative estimate of drug-likeness (QED) is 0.935. The maximum absolute atomic E-state index is 12.5. The Kier molecular flexibility index (Phi) is 4.93. The first kappa shape index (κ1) is 16.2. The first-order valence-electron chi connectivity index (χ1n) is 8.20. The number of amides is 1. The molecule has 1 saturated heterocycles. The van der Waals surface area contributed by atoms with E-state index in [1.54, 1.807) is 19.2 Å². The third kappa shape index (κ3) is 3.82. The SMILES string of the molecule is COc1cccc(Nc2ccc(C(=O)N3CCCC(C)C3)nn2)c1. The molecule has 1 amide bonds. The molecule has 1 aromatic heterocycles. The minimum Gasteiger partial charge on any atom is -0.497 e. The van der Waals surface area contributed by atoms with Crippen molar-refractivity contribution >= 4 is 17.4 Å². The molecule has 126 valence electrons. The number of nitrogens with zero attached hydrogens (tertiary/aromatic N) is 3. The van der Waals surface area contributed by atoms with E-state index in [1.165, 1.54) is 6.42 Å². The van der Waals surface area contributed by atoms with Crippen LogP contribution in [0.5, 0.6) is 5.75 Å². The van der Waals surface area contributed by atoms with Crippen LogP contribution in [0.4, 0.5) is 11.5 Å². The third-order valence-electron chi connectivity index (χ3n) is 4.17. The highest BCUT2D eigenvalue weighted by atomic mass is 16.5. The molecule has 1 atom stereocenters. The Balaban J connectivity index is 1.67. The van der Waals surface area contributed by atoms with E-state index < -0.39 is 0 Å². The summed E-state index contributed by atoms with van der Waals surface area (Å²) in [4.78, 5) is 14.4. The summed E-state index contributed by atoms with van der Waals surface area (Å²) in [7, 11) is 1.63. The Hall–Kier alpha value is -2.63. The minimum atomic E-state index is -0.0398. The van der Waals surface area contributed by atoms with Gasteiger partial charge in [0.1, 0.15) is 5.75 Å². The molecule has 1 aliphatic heterocycles. The zero-order valence-corrected chi connectivity index (χ0v) is 14.0.